The number of hydrogen-bond acceptors (Lipinski definition) is 7. The molecule has 9 heteroatoms. The highest BCUT2D eigenvalue weighted by atomic mass is 28.4. The first-order valence-corrected chi connectivity index (χ1v) is 18.3. The number of rotatable bonds is 14. The number of benzene rings is 3. The summed E-state index contributed by atoms with van der Waals surface area (Å²) in [6, 6.07) is 24.2. The van der Waals surface area contributed by atoms with Gasteiger partial charge in [-0.1, -0.05) is 87.5 Å². The predicted molar refractivity (Wildman–Crippen MR) is 179 cm³/mol. The molecule has 0 aliphatic rings. The minimum atomic E-state index is -2.00. The van der Waals surface area contributed by atoms with Crippen LogP contribution in [0.5, 0.6) is 11.5 Å². The molecule has 0 bridgehead atoms. The fourth-order valence-corrected chi connectivity index (χ4v) is 5.04. The molecule has 0 aromatic heterocycles. The highest BCUT2D eigenvalue weighted by molar-refractivity contribution is 6.74. The molecule has 1 amide bonds. The lowest BCUT2D eigenvalue weighted by Crippen LogP contribution is -2.46. The first-order valence-electron chi connectivity index (χ1n) is 15.4. The molecule has 3 rings (SSSR count). The van der Waals surface area contributed by atoms with E-state index in [9.17, 15) is 9.59 Å². The molecule has 0 aliphatic carbocycles. The van der Waals surface area contributed by atoms with E-state index in [0.717, 1.165) is 16.7 Å². The highest BCUT2D eigenvalue weighted by Gasteiger charge is 2.37. The van der Waals surface area contributed by atoms with E-state index >= 15 is 0 Å². The second-order valence-electron chi connectivity index (χ2n) is 13.5. The van der Waals surface area contributed by atoms with E-state index in [0.29, 0.717) is 24.7 Å². The van der Waals surface area contributed by atoms with Crippen LogP contribution < -0.4 is 14.8 Å². The normalized spacial score (nSPS) is 12.6. The van der Waals surface area contributed by atoms with E-state index in [4.69, 9.17) is 23.4 Å². The number of alkyl carbamates (subject to hydrolysis) is 1. The van der Waals surface area contributed by atoms with E-state index < -0.39 is 32.0 Å². The van der Waals surface area contributed by atoms with Crippen LogP contribution >= 0.6 is 0 Å². The van der Waals surface area contributed by atoms with Gasteiger partial charge in [-0.15, -0.1) is 0 Å². The molecule has 0 saturated carbocycles. The molecule has 1 atom stereocenters. The molecule has 0 radical (unpaired) electrons. The molecule has 0 saturated heterocycles. The Labute approximate surface area is 269 Å². The number of esters is 1. The van der Waals surface area contributed by atoms with Crippen molar-refractivity contribution in [2.45, 2.75) is 91.0 Å². The fourth-order valence-electron chi connectivity index (χ4n) is 4.02. The molecule has 0 spiro atoms. The molecule has 45 heavy (non-hydrogen) atoms. The summed E-state index contributed by atoms with van der Waals surface area (Å²) in [5.74, 6) is 0.524. The lowest BCUT2D eigenvalue weighted by atomic mass is 10.1. The lowest BCUT2D eigenvalue weighted by molar-refractivity contribution is -0.147. The van der Waals surface area contributed by atoms with Crippen LogP contribution in [0.2, 0.25) is 18.1 Å². The fraction of sp³-hybridized carbons (Fsp3) is 0.444. The zero-order chi connectivity index (χ0) is 33.1. The summed E-state index contributed by atoms with van der Waals surface area (Å²) >= 11 is 0. The largest absolute Gasteiger partial charge is 0.485 e. The van der Waals surface area contributed by atoms with Crippen molar-refractivity contribution in [3.05, 3.63) is 95.6 Å². The summed E-state index contributed by atoms with van der Waals surface area (Å²) in [5.41, 5.74) is 2.05. The summed E-state index contributed by atoms with van der Waals surface area (Å²) in [4.78, 5) is 26.0. The van der Waals surface area contributed by atoms with Crippen molar-refractivity contribution in [1.82, 2.24) is 5.32 Å². The number of nitrogens with one attached hydrogen (secondary N) is 1. The van der Waals surface area contributed by atoms with Gasteiger partial charge in [0.25, 0.3) is 0 Å². The number of amides is 1. The standard InChI is InChI=1S/C36H49NO7Si/c1-35(2,3)44-34(39)37-30(33(38)40-21-22-43-45(7,8)36(4,5)6)23-29-19-20-31(41-25-27-15-11-9-12-16-27)32(24-29)42-26-28-17-13-10-14-18-28/h9-20,24,30H,21-23,25-26H2,1-8H3,(H,37,39)/t30-/m0/s1. The van der Waals surface area contributed by atoms with E-state index in [1.165, 1.54) is 0 Å². The average Bonchev–Trinajstić information content (AvgIpc) is 2.97. The molecule has 8 nitrogen and oxygen atoms in total. The SMILES string of the molecule is CC(C)(C)OC(=O)N[C@@H](Cc1ccc(OCc2ccccc2)c(OCc2ccccc2)c1)C(=O)OCCO[Si](C)(C)C(C)(C)C. The van der Waals surface area contributed by atoms with E-state index in [2.05, 4.69) is 39.2 Å². The van der Waals surface area contributed by atoms with Crippen molar-refractivity contribution in [3.8, 4) is 11.5 Å². The molecule has 0 aliphatic heterocycles. The third-order valence-corrected chi connectivity index (χ3v) is 12.0. The van der Waals surface area contributed by atoms with E-state index in [-0.39, 0.29) is 24.7 Å². The Morgan fingerprint density at radius 1 is 0.733 bits per heavy atom. The third-order valence-electron chi connectivity index (χ3n) is 7.49. The van der Waals surface area contributed by atoms with Gasteiger partial charge in [0, 0.05) is 6.42 Å². The number of ether oxygens (including phenoxy) is 4. The third kappa shape index (κ3) is 12.2. The number of hydrogen-bond donors (Lipinski definition) is 1. The van der Waals surface area contributed by atoms with Crippen molar-refractivity contribution < 1.29 is 33.0 Å². The molecule has 3 aromatic rings. The molecule has 0 fully saturated rings. The minimum Gasteiger partial charge on any atom is -0.485 e. The van der Waals surface area contributed by atoms with Crippen molar-refractivity contribution in [2.75, 3.05) is 13.2 Å². The predicted octanol–water partition coefficient (Wildman–Crippen LogP) is 7.85. The van der Waals surface area contributed by atoms with Gasteiger partial charge in [0.05, 0.1) is 6.61 Å². The summed E-state index contributed by atoms with van der Waals surface area (Å²) < 4.78 is 29.5. The maximum Gasteiger partial charge on any atom is 0.408 e. The van der Waals surface area contributed by atoms with Gasteiger partial charge in [0.15, 0.2) is 19.8 Å². The molecule has 0 unspecified atom stereocenters. The van der Waals surface area contributed by atoms with Crippen molar-refractivity contribution >= 4 is 20.4 Å². The Morgan fingerprint density at radius 3 is 1.82 bits per heavy atom. The van der Waals surface area contributed by atoms with Gasteiger partial charge < -0.3 is 28.7 Å². The van der Waals surface area contributed by atoms with Crippen LogP contribution in [-0.2, 0) is 38.3 Å². The van der Waals surface area contributed by atoms with Gasteiger partial charge in [-0.3, -0.25) is 0 Å². The summed E-state index contributed by atoms with van der Waals surface area (Å²) in [6.07, 6.45) is -0.549. The molecule has 3 aromatic carbocycles. The summed E-state index contributed by atoms with van der Waals surface area (Å²) in [7, 11) is -2.00. The second kappa shape index (κ2) is 16.0. The Morgan fingerprint density at radius 2 is 1.29 bits per heavy atom. The summed E-state index contributed by atoms with van der Waals surface area (Å²) in [6.45, 7) is 17.1. The van der Waals surface area contributed by atoms with Crippen molar-refractivity contribution in [2.24, 2.45) is 0 Å². The van der Waals surface area contributed by atoms with Crippen LogP contribution in [0.4, 0.5) is 4.79 Å². The Balaban J connectivity index is 1.78. The molecule has 1 N–H and O–H groups in total. The van der Waals surface area contributed by atoms with Crippen LogP contribution in [0.25, 0.3) is 0 Å². The van der Waals surface area contributed by atoms with Crippen LogP contribution in [0.1, 0.15) is 58.2 Å². The van der Waals surface area contributed by atoms with Gasteiger partial charge in [-0.05, 0) is 67.7 Å². The van der Waals surface area contributed by atoms with Crippen LogP contribution in [0.15, 0.2) is 78.9 Å². The lowest BCUT2D eigenvalue weighted by Gasteiger charge is -2.36. The summed E-state index contributed by atoms with van der Waals surface area (Å²) in [5, 5.41) is 2.74. The van der Waals surface area contributed by atoms with Gasteiger partial charge >= 0.3 is 12.1 Å². The average molecular weight is 636 g/mol. The number of carbonyl (C=O) groups is 2. The zero-order valence-electron chi connectivity index (χ0n) is 28.0. The van der Waals surface area contributed by atoms with E-state index in [1.54, 1.807) is 20.8 Å². The van der Waals surface area contributed by atoms with Crippen LogP contribution in [0.3, 0.4) is 0 Å². The monoisotopic (exact) mass is 635 g/mol. The Hall–Kier alpha value is -3.82. The Bertz CT molecular complexity index is 1370. The zero-order valence-corrected chi connectivity index (χ0v) is 29.0. The maximum atomic E-state index is 13.3. The first-order chi connectivity index (χ1) is 21.1. The van der Waals surface area contributed by atoms with Gasteiger partial charge in [0.2, 0.25) is 0 Å². The molecular weight excluding hydrogens is 586 g/mol. The van der Waals surface area contributed by atoms with Gasteiger partial charge in [0.1, 0.15) is 31.5 Å². The minimum absolute atomic E-state index is 0.0368. The van der Waals surface area contributed by atoms with Crippen LogP contribution in [-0.4, -0.2) is 45.2 Å². The first kappa shape index (κ1) is 35.7. The van der Waals surface area contributed by atoms with Crippen LogP contribution in [0, 0.1) is 0 Å². The topological polar surface area (TPSA) is 92.3 Å². The van der Waals surface area contributed by atoms with Gasteiger partial charge in [-0.2, -0.15) is 0 Å². The quantitative estimate of drug-likeness (QED) is 0.110. The van der Waals surface area contributed by atoms with Crippen molar-refractivity contribution in [1.29, 1.82) is 0 Å². The molecule has 244 valence electrons. The Kier molecular flexibility index (Phi) is 12.6. The smallest absolute Gasteiger partial charge is 0.408 e. The second-order valence-corrected chi connectivity index (χ2v) is 18.3. The maximum absolute atomic E-state index is 13.3. The van der Waals surface area contributed by atoms with Gasteiger partial charge in [-0.25, -0.2) is 9.59 Å². The van der Waals surface area contributed by atoms with E-state index in [1.807, 2.05) is 78.9 Å². The van der Waals surface area contributed by atoms with Crippen molar-refractivity contribution in [3.63, 3.8) is 0 Å². The highest BCUT2D eigenvalue weighted by Crippen LogP contribution is 2.36. The number of carbonyl (C=O) groups excluding carboxylic acids is 2. The molecular formula is C36H49NO7Si. The molecule has 0 heterocycles.